The fraction of sp³-hybridized carbons (Fsp3) is 0.0833. The summed E-state index contributed by atoms with van der Waals surface area (Å²) >= 11 is 1.13. The molecule has 6 heteroatoms. The van der Waals surface area contributed by atoms with E-state index in [9.17, 15) is 4.79 Å². The van der Waals surface area contributed by atoms with Gasteiger partial charge in [0, 0.05) is 6.20 Å². The molecule has 0 saturated heterocycles. The number of rotatable bonds is 4. The molecule has 0 radical (unpaired) electrons. The number of hydrogen-bond acceptors (Lipinski definition) is 5. The van der Waals surface area contributed by atoms with Crippen LogP contribution in [0.1, 0.15) is 9.67 Å². The van der Waals surface area contributed by atoms with Crippen LogP contribution in [0.15, 0.2) is 24.4 Å². The van der Waals surface area contributed by atoms with Crippen molar-refractivity contribution in [2.45, 2.75) is 0 Å². The second-order valence-corrected chi connectivity index (χ2v) is 4.22. The minimum absolute atomic E-state index is 0.0334. The number of nitrogens with two attached hydrogens (primary N) is 1. The van der Waals surface area contributed by atoms with E-state index in [4.69, 9.17) is 16.9 Å². The number of carbonyl (C=O) groups excluding carboxylic acids is 1. The van der Waals surface area contributed by atoms with Gasteiger partial charge in [0.25, 0.3) is 5.91 Å². The van der Waals surface area contributed by atoms with Gasteiger partial charge in [-0.1, -0.05) is 12.0 Å². The van der Waals surface area contributed by atoms with Gasteiger partial charge in [0.2, 0.25) is 5.88 Å². The predicted octanol–water partition coefficient (Wildman–Crippen LogP) is 1.32. The van der Waals surface area contributed by atoms with Gasteiger partial charge in [-0.05, 0) is 12.1 Å². The van der Waals surface area contributed by atoms with Gasteiger partial charge >= 0.3 is 0 Å². The van der Waals surface area contributed by atoms with E-state index in [1.165, 1.54) is 0 Å². The summed E-state index contributed by atoms with van der Waals surface area (Å²) in [5.74, 6) is 1.87. The van der Waals surface area contributed by atoms with Crippen LogP contribution in [0.3, 0.4) is 0 Å². The Hall–Kier alpha value is -2.39. The van der Waals surface area contributed by atoms with E-state index in [1.54, 1.807) is 18.3 Å². The molecule has 0 unspecified atom stereocenters. The van der Waals surface area contributed by atoms with Crippen molar-refractivity contribution in [1.29, 1.82) is 0 Å². The first-order chi connectivity index (χ1) is 8.72. The number of nitrogens with zero attached hydrogens (tertiary/aromatic N) is 2. The average molecular weight is 259 g/mol. The van der Waals surface area contributed by atoms with Crippen molar-refractivity contribution in [1.82, 2.24) is 9.97 Å². The highest BCUT2D eigenvalue weighted by atomic mass is 32.1. The molecule has 2 rings (SSSR count). The average Bonchev–Trinajstić information content (AvgIpc) is 2.81. The maximum absolute atomic E-state index is 11.3. The largest absolute Gasteiger partial charge is 0.463 e. The molecule has 0 atom stereocenters. The van der Waals surface area contributed by atoms with Gasteiger partial charge in [-0.15, -0.1) is 17.8 Å². The highest BCUT2D eigenvalue weighted by molar-refractivity contribution is 7.17. The highest BCUT2D eigenvalue weighted by Gasteiger charge is 2.18. The molecule has 0 aliphatic heterocycles. The number of primary amides is 1. The maximum atomic E-state index is 11.3. The van der Waals surface area contributed by atoms with Crippen LogP contribution in [0.4, 0.5) is 0 Å². The summed E-state index contributed by atoms with van der Waals surface area (Å²) in [7, 11) is 0. The Balaban J connectivity index is 2.40. The Kier molecular flexibility index (Phi) is 3.55. The highest BCUT2D eigenvalue weighted by Crippen LogP contribution is 2.30. The second kappa shape index (κ2) is 5.29. The van der Waals surface area contributed by atoms with Crippen LogP contribution in [-0.4, -0.2) is 22.5 Å². The molecule has 2 heterocycles. The number of thiazole rings is 1. The first-order valence-corrected chi connectivity index (χ1v) is 5.82. The van der Waals surface area contributed by atoms with Gasteiger partial charge in [0.05, 0.1) is 5.69 Å². The first kappa shape index (κ1) is 12.1. The van der Waals surface area contributed by atoms with E-state index in [2.05, 4.69) is 15.9 Å². The molecule has 18 heavy (non-hydrogen) atoms. The number of aromatic nitrogens is 2. The Morgan fingerprint density at radius 1 is 1.56 bits per heavy atom. The Labute approximate surface area is 108 Å². The lowest BCUT2D eigenvalue weighted by molar-refractivity contribution is 0.100. The molecule has 0 spiro atoms. The summed E-state index contributed by atoms with van der Waals surface area (Å²) in [6.45, 7) is 0.0334. The molecule has 0 aromatic carbocycles. The molecular formula is C12H9N3O2S. The third-order valence-corrected chi connectivity index (χ3v) is 3.07. The molecule has 0 fully saturated rings. The molecule has 2 aromatic rings. The minimum Gasteiger partial charge on any atom is -0.463 e. The predicted molar refractivity (Wildman–Crippen MR) is 68.2 cm³/mol. The third-order valence-electron chi connectivity index (χ3n) is 2.00. The molecule has 90 valence electrons. The van der Waals surface area contributed by atoms with Crippen LogP contribution in [0.2, 0.25) is 0 Å². The Bertz CT molecular complexity index is 602. The topological polar surface area (TPSA) is 78.1 Å². The monoisotopic (exact) mass is 259 g/mol. The van der Waals surface area contributed by atoms with Crippen molar-refractivity contribution in [3.05, 3.63) is 29.3 Å². The minimum atomic E-state index is -0.596. The van der Waals surface area contributed by atoms with Crippen molar-refractivity contribution in [2.75, 3.05) is 6.61 Å². The molecular weight excluding hydrogens is 250 g/mol. The van der Waals surface area contributed by atoms with Gasteiger partial charge < -0.3 is 10.5 Å². The first-order valence-electron chi connectivity index (χ1n) is 5.00. The van der Waals surface area contributed by atoms with E-state index >= 15 is 0 Å². The van der Waals surface area contributed by atoms with E-state index in [0.717, 1.165) is 11.3 Å². The van der Waals surface area contributed by atoms with Crippen LogP contribution < -0.4 is 10.5 Å². The normalized spacial score (nSPS) is 9.72. The summed E-state index contributed by atoms with van der Waals surface area (Å²) < 4.78 is 5.18. The van der Waals surface area contributed by atoms with Crippen molar-refractivity contribution < 1.29 is 9.53 Å². The van der Waals surface area contributed by atoms with Gasteiger partial charge in [-0.2, -0.15) is 4.98 Å². The van der Waals surface area contributed by atoms with E-state index in [1.807, 2.05) is 6.07 Å². The lowest BCUT2D eigenvalue weighted by Gasteiger charge is -1.97. The summed E-state index contributed by atoms with van der Waals surface area (Å²) in [5, 5.41) is 0.566. The summed E-state index contributed by atoms with van der Waals surface area (Å²) in [6, 6.07) is 5.41. The van der Waals surface area contributed by atoms with Gasteiger partial charge in [-0.3, -0.25) is 9.78 Å². The zero-order valence-corrected chi connectivity index (χ0v) is 10.1. The van der Waals surface area contributed by atoms with Crippen molar-refractivity contribution in [3.63, 3.8) is 0 Å². The van der Waals surface area contributed by atoms with Gasteiger partial charge in [0.15, 0.2) is 11.5 Å². The molecule has 0 bridgehead atoms. The van der Waals surface area contributed by atoms with Crippen LogP contribution in [0.5, 0.6) is 5.88 Å². The Morgan fingerprint density at radius 3 is 3.00 bits per heavy atom. The zero-order chi connectivity index (χ0) is 13.0. The summed E-state index contributed by atoms with van der Waals surface area (Å²) in [4.78, 5) is 19.8. The number of carbonyl (C=O) groups is 1. The molecule has 0 aliphatic carbocycles. The fourth-order valence-corrected chi connectivity index (χ4v) is 2.11. The number of terminal acetylenes is 1. The smallest absolute Gasteiger partial charge is 0.264 e. The second-order valence-electron chi connectivity index (χ2n) is 3.23. The maximum Gasteiger partial charge on any atom is 0.264 e. The van der Waals surface area contributed by atoms with Crippen LogP contribution in [0.25, 0.3) is 10.7 Å². The number of amides is 1. The molecule has 0 saturated carbocycles. The van der Waals surface area contributed by atoms with Crippen LogP contribution in [0, 0.1) is 12.3 Å². The van der Waals surface area contributed by atoms with Crippen LogP contribution in [-0.2, 0) is 0 Å². The number of hydrogen-bond donors (Lipinski definition) is 1. The van der Waals surface area contributed by atoms with Crippen molar-refractivity contribution in [3.8, 4) is 28.9 Å². The SMILES string of the molecule is C#CCOc1nc(-c2ccccn2)sc1C(N)=O. The van der Waals surface area contributed by atoms with Crippen LogP contribution >= 0.6 is 11.3 Å². The van der Waals surface area contributed by atoms with Gasteiger partial charge in [-0.25, -0.2) is 0 Å². The molecule has 5 nitrogen and oxygen atoms in total. The molecule has 2 aromatic heterocycles. The van der Waals surface area contributed by atoms with Crippen molar-refractivity contribution >= 4 is 17.2 Å². The standard InChI is InChI=1S/C12H9N3O2S/c1-2-7-17-11-9(10(13)16)18-12(15-11)8-5-3-4-6-14-8/h1,3-6H,7H2,(H2,13,16). The molecule has 2 N–H and O–H groups in total. The zero-order valence-electron chi connectivity index (χ0n) is 9.29. The van der Waals surface area contributed by atoms with E-state index in [-0.39, 0.29) is 17.4 Å². The third kappa shape index (κ3) is 2.47. The fourth-order valence-electron chi connectivity index (χ4n) is 1.27. The summed E-state index contributed by atoms with van der Waals surface area (Å²) in [5.41, 5.74) is 5.91. The lowest BCUT2D eigenvalue weighted by atomic mass is 10.4. The quantitative estimate of drug-likeness (QED) is 0.840. The number of pyridine rings is 1. The summed E-state index contributed by atoms with van der Waals surface area (Å²) in [6.07, 6.45) is 6.73. The van der Waals surface area contributed by atoms with E-state index < -0.39 is 5.91 Å². The van der Waals surface area contributed by atoms with Gasteiger partial charge in [0.1, 0.15) is 5.01 Å². The lowest BCUT2D eigenvalue weighted by Crippen LogP contribution is -2.11. The molecule has 0 aliphatic rings. The molecule has 1 amide bonds. The van der Waals surface area contributed by atoms with Crippen molar-refractivity contribution in [2.24, 2.45) is 5.73 Å². The Morgan fingerprint density at radius 2 is 2.39 bits per heavy atom. The number of ether oxygens (including phenoxy) is 1. The van der Waals surface area contributed by atoms with E-state index in [0.29, 0.717) is 10.7 Å².